The molecule has 0 saturated heterocycles. The Kier molecular flexibility index (Phi) is 4.30. The molecule has 9 nitrogen and oxygen atoms in total. The third kappa shape index (κ3) is 3.13. The Bertz CT molecular complexity index is 856. The summed E-state index contributed by atoms with van der Waals surface area (Å²) in [6.07, 6.45) is 1.26. The number of anilines is 1. The number of nitrogens with zero attached hydrogens (tertiary/aromatic N) is 2. The van der Waals surface area contributed by atoms with Crippen LogP contribution in [0.4, 0.5) is 5.69 Å². The largest absolute Gasteiger partial charge is 0.486 e. The number of hydrogen-bond acceptors (Lipinski definition) is 8. The minimum absolute atomic E-state index is 0.0182. The molecule has 0 radical (unpaired) electrons. The topological polar surface area (TPSA) is 109 Å². The molecule has 0 fully saturated rings. The van der Waals surface area contributed by atoms with Crippen LogP contribution < -0.4 is 23.7 Å². The van der Waals surface area contributed by atoms with Crippen molar-refractivity contribution in [3.63, 3.8) is 0 Å². The maximum absolute atomic E-state index is 12.6. The molecule has 1 aliphatic heterocycles. The number of nitrogens with one attached hydrogen (secondary N) is 1. The number of fused-ring (bicyclic) bond motifs is 1. The molecule has 24 heavy (non-hydrogen) atoms. The maximum Gasteiger partial charge on any atom is 0.319 e. The van der Waals surface area contributed by atoms with E-state index in [4.69, 9.17) is 18.9 Å². The average Bonchev–Trinajstić information content (AvgIpc) is 2.61. The smallest absolute Gasteiger partial charge is 0.319 e. The lowest BCUT2D eigenvalue weighted by Crippen LogP contribution is -2.18. The zero-order valence-electron chi connectivity index (χ0n) is 13.0. The quantitative estimate of drug-likeness (QED) is 0.850. The van der Waals surface area contributed by atoms with E-state index in [2.05, 4.69) is 14.7 Å². The van der Waals surface area contributed by atoms with Gasteiger partial charge in [0, 0.05) is 6.07 Å². The first-order chi connectivity index (χ1) is 11.5. The highest BCUT2D eigenvalue weighted by Gasteiger charge is 2.21. The van der Waals surface area contributed by atoms with E-state index in [9.17, 15) is 8.42 Å². The molecule has 0 saturated carbocycles. The Morgan fingerprint density at radius 1 is 1.12 bits per heavy atom. The molecular weight excluding hydrogens is 338 g/mol. The Hall–Kier alpha value is -2.75. The number of methoxy groups -OCH3 is 2. The fraction of sp³-hybridized carbons (Fsp3) is 0.286. The molecule has 1 aromatic heterocycles. The number of hydrogen-bond donors (Lipinski definition) is 1. The first-order valence-corrected chi connectivity index (χ1v) is 8.39. The number of benzene rings is 1. The van der Waals surface area contributed by atoms with Crippen molar-refractivity contribution in [1.29, 1.82) is 0 Å². The highest BCUT2D eigenvalue weighted by Crippen LogP contribution is 2.33. The van der Waals surface area contributed by atoms with Crippen LogP contribution in [-0.4, -0.2) is 45.8 Å². The van der Waals surface area contributed by atoms with Crippen LogP contribution in [0.2, 0.25) is 0 Å². The van der Waals surface area contributed by atoms with Gasteiger partial charge in [-0.3, -0.25) is 4.72 Å². The van der Waals surface area contributed by atoms with Crippen LogP contribution in [0.25, 0.3) is 0 Å². The minimum atomic E-state index is -3.89. The van der Waals surface area contributed by atoms with Crippen LogP contribution in [0.15, 0.2) is 29.3 Å². The molecule has 3 rings (SSSR count). The monoisotopic (exact) mass is 353 g/mol. The molecule has 2 aromatic rings. The maximum atomic E-state index is 12.6. The molecule has 0 amide bonds. The van der Waals surface area contributed by atoms with Crippen molar-refractivity contribution in [3.8, 4) is 23.4 Å². The van der Waals surface area contributed by atoms with Gasteiger partial charge >= 0.3 is 6.01 Å². The molecule has 0 bridgehead atoms. The van der Waals surface area contributed by atoms with Crippen molar-refractivity contribution in [2.75, 3.05) is 32.2 Å². The predicted octanol–water partition coefficient (Wildman–Crippen LogP) is 1.07. The van der Waals surface area contributed by atoms with Crippen LogP contribution >= 0.6 is 0 Å². The summed E-state index contributed by atoms with van der Waals surface area (Å²) >= 11 is 0. The van der Waals surface area contributed by atoms with Gasteiger partial charge in [-0.25, -0.2) is 13.4 Å². The molecule has 1 N–H and O–H groups in total. The Labute approximate surface area is 138 Å². The number of sulfonamides is 1. The van der Waals surface area contributed by atoms with Gasteiger partial charge in [-0.1, -0.05) is 0 Å². The van der Waals surface area contributed by atoms with E-state index in [1.165, 1.54) is 32.5 Å². The van der Waals surface area contributed by atoms with Crippen molar-refractivity contribution < 1.29 is 27.4 Å². The fourth-order valence-corrected chi connectivity index (χ4v) is 3.13. The summed E-state index contributed by atoms with van der Waals surface area (Å²) in [6.45, 7) is 0.793. The highest BCUT2D eigenvalue weighted by atomic mass is 32.2. The molecule has 0 unspecified atom stereocenters. The van der Waals surface area contributed by atoms with Crippen LogP contribution in [-0.2, 0) is 10.0 Å². The molecule has 1 aromatic carbocycles. The molecular formula is C14H15N3O6S. The van der Waals surface area contributed by atoms with Gasteiger partial charge in [0.15, 0.2) is 11.5 Å². The van der Waals surface area contributed by atoms with Crippen LogP contribution in [0.3, 0.4) is 0 Å². The van der Waals surface area contributed by atoms with Crippen LogP contribution in [0, 0.1) is 0 Å². The van der Waals surface area contributed by atoms with Gasteiger partial charge < -0.3 is 18.9 Å². The van der Waals surface area contributed by atoms with E-state index in [1.54, 1.807) is 6.07 Å². The van der Waals surface area contributed by atoms with E-state index in [0.29, 0.717) is 24.7 Å². The third-order valence-electron chi connectivity index (χ3n) is 3.18. The van der Waals surface area contributed by atoms with Crippen molar-refractivity contribution in [2.45, 2.75) is 4.90 Å². The van der Waals surface area contributed by atoms with Crippen LogP contribution in [0.5, 0.6) is 23.4 Å². The summed E-state index contributed by atoms with van der Waals surface area (Å²) in [5, 5.41) is 0. The highest BCUT2D eigenvalue weighted by molar-refractivity contribution is 7.92. The Balaban J connectivity index is 1.91. The molecule has 0 aliphatic carbocycles. The first kappa shape index (κ1) is 16.1. The van der Waals surface area contributed by atoms with Crippen LogP contribution in [0.1, 0.15) is 0 Å². The summed E-state index contributed by atoms with van der Waals surface area (Å²) in [5.41, 5.74) is 0.0909. The predicted molar refractivity (Wildman–Crippen MR) is 83.4 cm³/mol. The van der Waals surface area contributed by atoms with Gasteiger partial charge in [0.05, 0.1) is 25.3 Å². The summed E-state index contributed by atoms with van der Waals surface area (Å²) in [5.74, 6) is 0.926. The lowest BCUT2D eigenvalue weighted by Gasteiger charge is -2.19. The number of aromatic nitrogens is 2. The number of rotatable bonds is 5. The Morgan fingerprint density at radius 2 is 1.88 bits per heavy atom. The van der Waals surface area contributed by atoms with Gasteiger partial charge in [-0.05, 0) is 12.1 Å². The molecule has 10 heteroatoms. The van der Waals surface area contributed by atoms with Gasteiger partial charge in [0.1, 0.15) is 18.9 Å². The lowest BCUT2D eigenvalue weighted by atomic mass is 10.3. The van der Waals surface area contributed by atoms with Gasteiger partial charge in [-0.15, -0.1) is 0 Å². The van der Waals surface area contributed by atoms with E-state index in [0.717, 1.165) is 0 Å². The third-order valence-corrected chi connectivity index (χ3v) is 4.54. The molecule has 1 aliphatic rings. The fourth-order valence-electron chi connectivity index (χ4n) is 2.07. The van der Waals surface area contributed by atoms with Gasteiger partial charge in [0.25, 0.3) is 10.0 Å². The second kappa shape index (κ2) is 6.40. The van der Waals surface area contributed by atoms with E-state index >= 15 is 0 Å². The van der Waals surface area contributed by atoms with Crippen molar-refractivity contribution in [2.24, 2.45) is 0 Å². The van der Waals surface area contributed by atoms with Crippen molar-refractivity contribution >= 4 is 15.7 Å². The summed E-state index contributed by atoms with van der Waals surface area (Å²) < 4.78 is 48.2. The lowest BCUT2D eigenvalue weighted by molar-refractivity contribution is 0.171. The average molecular weight is 353 g/mol. The second-order valence-corrected chi connectivity index (χ2v) is 6.37. The zero-order valence-corrected chi connectivity index (χ0v) is 13.8. The van der Waals surface area contributed by atoms with Crippen molar-refractivity contribution in [1.82, 2.24) is 9.97 Å². The molecule has 0 spiro atoms. The molecule has 2 heterocycles. The standard InChI is InChI=1S/C14H15N3O6S/c1-20-13-10(8-15-14(16-13)21-2)17-24(18,19)9-3-4-11-12(7-9)23-6-5-22-11/h3-4,7-8,17H,5-6H2,1-2H3. The van der Waals surface area contributed by atoms with E-state index < -0.39 is 10.0 Å². The number of ether oxygens (including phenoxy) is 4. The molecule has 0 atom stereocenters. The summed E-state index contributed by atoms with van der Waals surface area (Å²) in [4.78, 5) is 7.82. The zero-order chi connectivity index (χ0) is 17.2. The molecule has 128 valence electrons. The second-order valence-electron chi connectivity index (χ2n) is 4.69. The van der Waals surface area contributed by atoms with E-state index in [1.807, 2.05) is 0 Å². The van der Waals surface area contributed by atoms with Gasteiger partial charge in [0.2, 0.25) is 5.88 Å². The summed E-state index contributed by atoms with van der Waals surface area (Å²) in [6, 6.07) is 4.43. The summed E-state index contributed by atoms with van der Waals surface area (Å²) in [7, 11) is -1.12. The normalized spacial score (nSPS) is 13.2. The first-order valence-electron chi connectivity index (χ1n) is 6.91. The Morgan fingerprint density at radius 3 is 2.58 bits per heavy atom. The van der Waals surface area contributed by atoms with E-state index in [-0.39, 0.29) is 22.5 Å². The van der Waals surface area contributed by atoms with Gasteiger partial charge in [-0.2, -0.15) is 4.98 Å². The minimum Gasteiger partial charge on any atom is -0.486 e. The SMILES string of the molecule is COc1ncc(NS(=O)(=O)c2ccc3c(c2)OCCO3)c(OC)n1. The van der Waals surface area contributed by atoms with Crippen molar-refractivity contribution in [3.05, 3.63) is 24.4 Å².